The molecule has 2 aromatic rings. The van der Waals surface area contributed by atoms with E-state index in [0.29, 0.717) is 5.88 Å². The molecule has 0 bridgehead atoms. The summed E-state index contributed by atoms with van der Waals surface area (Å²) in [6.07, 6.45) is 8.56. The van der Waals surface area contributed by atoms with E-state index < -0.39 is 0 Å². The second-order valence-corrected chi connectivity index (χ2v) is 6.31. The van der Waals surface area contributed by atoms with Crippen molar-refractivity contribution in [2.75, 3.05) is 6.61 Å². The molecule has 1 N–H and O–H groups in total. The average molecular weight is 341 g/mol. The lowest BCUT2D eigenvalue weighted by molar-refractivity contribution is -0.124. The monoisotopic (exact) mass is 341 g/mol. The van der Waals surface area contributed by atoms with Crippen molar-refractivity contribution in [3.8, 4) is 11.6 Å². The molecule has 1 aromatic carbocycles. The predicted octanol–water partition coefficient (Wildman–Crippen LogP) is 2.67. The molecule has 0 aliphatic heterocycles. The van der Waals surface area contributed by atoms with Crippen LogP contribution >= 0.6 is 0 Å². The van der Waals surface area contributed by atoms with Crippen LogP contribution in [0.4, 0.5) is 0 Å². The van der Waals surface area contributed by atoms with Gasteiger partial charge in [-0.1, -0.05) is 12.1 Å². The molecule has 1 aliphatic carbocycles. The van der Waals surface area contributed by atoms with Gasteiger partial charge in [0.15, 0.2) is 6.61 Å². The number of aryl methyl sites for hydroxylation is 1. The first-order chi connectivity index (χ1) is 12.2. The van der Waals surface area contributed by atoms with E-state index in [1.54, 1.807) is 18.6 Å². The van der Waals surface area contributed by atoms with Crippen LogP contribution in [0.5, 0.6) is 11.6 Å². The molecule has 1 saturated carbocycles. The number of nitrogens with one attached hydrogen (secondary N) is 1. The van der Waals surface area contributed by atoms with E-state index in [9.17, 15) is 4.79 Å². The smallest absolute Gasteiger partial charge is 0.258 e. The van der Waals surface area contributed by atoms with Gasteiger partial charge in [0.05, 0.1) is 6.20 Å². The molecule has 6 nitrogen and oxygen atoms in total. The summed E-state index contributed by atoms with van der Waals surface area (Å²) in [7, 11) is 0. The zero-order valence-corrected chi connectivity index (χ0v) is 14.4. The maximum atomic E-state index is 12.1. The van der Waals surface area contributed by atoms with E-state index in [4.69, 9.17) is 9.47 Å². The maximum absolute atomic E-state index is 12.1. The highest BCUT2D eigenvalue weighted by atomic mass is 16.5. The second-order valence-electron chi connectivity index (χ2n) is 6.31. The topological polar surface area (TPSA) is 73.3 Å². The van der Waals surface area contributed by atoms with Gasteiger partial charge in [0.2, 0.25) is 5.88 Å². The number of carbonyl (C=O) groups is 1. The molecule has 25 heavy (non-hydrogen) atoms. The number of carbonyl (C=O) groups excluding carboxylic acids is 1. The minimum absolute atomic E-state index is 0.0412. The third kappa shape index (κ3) is 5.45. The van der Waals surface area contributed by atoms with Crippen LogP contribution in [0.25, 0.3) is 0 Å². The Morgan fingerprint density at radius 1 is 1.24 bits per heavy atom. The van der Waals surface area contributed by atoms with Gasteiger partial charge in [0, 0.05) is 18.4 Å². The Balaban J connectivity index is 1.37. The fraction of sp³-hybridized carbons (Fsp3) is 0.421. The van der Waals surface area contributed by atoms with Gasteiger partial charge < -0.3 is 14.8 Å². The van der Waals surface area contributed by atoms with E-state index in [1.807, 2.05) is 31.2 Å². The van der Waals surface area contributed by atoms with Crippen molar-refractivity contribution in [2.24, 2.45) is 0 Å². The van der Waals surface area contributed by atoms with Crippen LogP contribution in [0.1, 0.15) is 31.2 Å². The van der Waals surface area contributed by atoms with Crippen molar-refractivity contribution in [1.82, 2.24) is 15.3 Å². The van der Waals surface area contributed by atoms with Crippen LogP contribution in [-0.2, 0) is 4.79 Å². The molecule has 1 fully saturated rings. The number of amides is 1. The Morgan fingerprint density at radius 2 is 2.08 bits per heavy atom. The maximum Gasteiger partial charge on any atom is 0.258 e. The van der Waals surface area contributed by atoms with E-state index >= 15 is 0 Å². The molecule has 6 heteroatoms. The number of hydrogen-bond acceptors (Lipinski definition) is 5. The number of nitrogens with zero attached hydrogens (tertiary/aromatic N) is 2. The lowest BCUT2D eigenvalue weighted by Crippen LogP contribution is -2.41. The summed E-state index contributed by atoms with van der Waals surface area (Å²) in [4.78, 5) is 20.2. The highest BCUT2D eigenvalue weighted by Gasteiger charge is 2.24. The van der Waals surface area contributed by atoms with Gasteiger partial charge in [-0.05, 0) is 50.3 Å². The van der Waals surface area contributed by atoms with Crippen molar-refractivity contribution in [1.29, 1.82) is 0 Å². The molecular weight excluding hydrogens is 318 g/mol. The summed E-state index contributed by atoms with van der Waals surface area (Å²) in [5.41, 5.74) is 1.11. The first-order valence-corrected chi connectivity index (χ1v) is 8.60. The Hall–Kier alpha value is -2.63. The van der Waals surface area contributed by atoms with Crippen LogP contribution in [0.2, 0.25) is 0 Å². The first-order valence-electron chi connectivity index (χ1n) is 8.60. The number of hydrogen-bond donors (Lipinski definition) is 1. The van der Waals surface area contributed by atoms with Gasteiger partial charge in [-0.3, -0.25) is 9.78 Å². The highest BCUT2D eigenvalue weighted by molar-refractivity contribution is 5.77. The van der Waals surface area contributed by atoms with E-state index in [-0.39, 0.29) is 24.7 Å². The standard InChI is InChI=1S/C19H23N3O3/c1-14-3-2-4-17(11-14)24-13-18(23)22-15-5-7-16(8-6-15)25-19-12-20-9-10-21-19/h2-4,9-12,15-16H,5-8,13H2,1H3,(H,22,23). The van der Waals surface area contributed by atoms with Crippen molar-refractivity contribution in [3.63, 3.8) is 0 Å². The summed E-state index contributed by atoms with van der Waals surface area (Å²) < 4.78 is 11.4. The third-order valence-corrected chi connectivity index (χ3v) is 4.23. The summed E-state index contributed by atoms with van der Waals surface area (Å²) in [6, 6.07) is 7.86. The molecule has 1 heterocycles. The Labute approximate surface area is 147 Å². The normalized spacial score (nSPS) is 19.9. The van der Waals surface area contributed by atoms with Crippen molar-refractivity contribution in [3.05, 3.63) is 48.4 Å². The number of aromatic nitrogens is 2. The Kier molecular flexibility index (Phi) is 5.82. The average Bonchev–Trinajstić information content (AvgIpc) is 2.63. The van der Waals surface area contributed by atoms with Crippen LogP contribution in [0.3, 0.4) is 0 Å². The molecule has 1 aromatic heterocycles. The fourth-order valence-electron chi connectivity index (χ4n) is 2.97. The minimum atomic E-state index is -0.0835. The molecule has 1 amide bonds. The van der Waals surface area contributed by atoms with Gasteiger partial charge in [-0.25, -0.2) is 4.98 Å². The van der Waals surface area contributed by atoms with Gasteiger partial charge in [0.25, 0.3) is 5.91 Å². The van der Waals surface area contributed by atoms with E-state index in [0.717, 1.165) is 37.0 Å². The summed E-state index contributed by atoms with van der Waals surface area (Å²) in [5, 5.41) is 3.04. The highest BCUT2D eigenvalue weighted by Crippen LogP contribution is 2.22. The molecule has 0 spiro atoms. The van der Waals surface area contributed by atoms with Crippen molar-refractivity contribution < 1.29 is 14.3 Å². The Bertz CT molecular complexity index is 685. The fourth-order valence-corrected chi connectivity index (χ4v) is 2.97. The molecule has 0 unspecified atom stereocenters. The summed E-state index contributed by atoms with van der Waals surface area (Å²) in [6.45, 7) is 2.04. The van der Waals surface area contributed by atoms with Gasteiger partial charge >= 0.3 is 0 Å². The van der Waals surface area contributed by atoms with Gasteiger partial charge in [-0.2, -0.15) is 0 Å². The number of ether oxygens (including phenoxy) is 2. The van der Waals surface area contributed by atoms with Gasteiger partial charge in [-0.15, -0.1) is 0 Å². The largest absolute Gasteiger partial charge is 0.484 e. The molecule has 0 radical (unpaired) electrons. The Morgan fingerprint density at radius 3 is 2.80 bits per heavy atom. The predicted molar refractivity (Wildman–Crippen MR) is 93.5 cm³/mol. The molecule has 3 rings (SSSR count). The molecule has 132 valence electrons. The lowest BCUT2D eigenvalue weighted by atomic mass is 9.93. The lowest BCUT2D eigenvalue weighted by Gasteiger charge is -2.29. The van der Waals surface area contributed by atoms with Crippen molar-refractivity contribution >= 4 is 5.91 Å². The van der Waals surface area contributed by atoms with Crippen LogP contribution in [0.15, 0.2) is 42.9 Å². The van der Waals surface area contributed by atoms with Crippen LogP contribution in [-0.4, -0.2) is 34.6 Å². The zero-order chi connectivity index (χ0) is 17.5. The minimum Gasteiger partial charge on any atom is -0.484 e. The van der Waals surface area contributed by atoms with Crippen LogP contribution in [0, 0.1) is 6.92 Å². The number of benzene rings is 1. The summed E-state index contributed by atoms with van der Waals surface area (Å²) in [5.74, 6) is 1.19. The molecule has 0 atom stereocenters. The molecule has 1 aliphatic rings. The van der Waals surface area contributed by atoms with E-state index in [2.05, 4.69) is 15.3 Å². The quantitative estimate of drug-likeness (QED) is 0.874. The zero-order valence-electron chi connectivity index (χ0n) is 14.4. The van der Waals surface area contributed by atoms with Gasteiger partial charge in [0.1, 0.15) is 11.9 Å². The molecular formula is C19H23N3O3. The van der Waals surface area contributed by atoms with Crippen molar-refractivity contribution in [2.45, 2.75) is 44.8 Å². The van der Waals surface area contributed by atoms with E-state index in [1.165, 1.54) is 0 Å². The number of rotatable bonds is 6. The second kappa shape index (κ2) is 8.46. The first kappa shape index (κ1) is 17.2. The third-order valence-electron chi connectivity index (χ3n) is 4.23. The SMILES string of the molecule is Cc1cccc(OCC(=O)NC2CCC(Oc3cnccn3)CC2)c1. The summed E-state index contributed by atoms with van der Waals surface area (Å²) >= 11 is 0. The van der Waals surface area contributed by atoms with Crippen LogP contribution < -0.4 is 14.8 Å². The molecule has 0 saturated heterocycles.